The zero-order chi connectivity index (χ0) is 31.4. The highest BCUT2D eigenvalue weighted by Gasteiger charge is 2.49. The van der Waals surface area contributed by atoms with Crippen molar-refractivity contribution in [1.29, 1.82) is 0 Å². The lowest BCUT2D eigenvalue weighted by Gasteiger charge is -2.40. The second kappa shape index (κ2) is 11.4. The number of fused-ring (bicyclic) bond motifs is 2. The molecule has 2 unspecified atom stereocenters. The number of likely N-dealkylation sites (N-methyl/N-ethyl adjacent to an activating group) is 1. The Hall–Kier alpha value is -3.67. The summed E-state index contributed by atoms with van der Waals surface area (Å²) in [7, 11) is 2.01. The maximum atomic E-state index is 14.3. The van der Waals surface area contributed by atoms with Gasteiger partial charge in [0.05, 0.1) is 21.2 Å². The number of rotatable bonds is 6. The number of benzene rings is 2. The SMILES string of the molecule is C=C(c1cc2cnc(Nc3ccc(C4CN(C)CCS4)cc3)nc2n(C2Cc3ccccc3S(=O)(=O)C2(C)C)c1=O)N(C)C. The van der Waals surface area contributed by atoms with Crippen molar-refractivity contribution in [2.45, 2.75) is 41.2 Å². The summed E-state index contributed by atoms with van der Waals surface area (Å²) in [5, 5.41) is 4.34. The van der Waals surface area contributed by atoms with E-state index in [4.69, 9.17) is 4.98 Å². The van der Waals surface area contributed by atoms with E-state index in [2.05, 4.69) is 41.0 Å². The fraction of sp³-hybridized carbons (Fsp3) is 0.364. The van der Waals surface area contributed by atoms with Crippen LogP contribution >= 0.6 is 11.8 Å². The zero-order valence-electron chi connectivity index (χ0n) is 25.7. The van der Waals surface area contributed by atoms with Crippen LogP contribution in [0.3, 0.4) is 0 Å². The molecule has 2 aromatic carbocycles. The first-order valence-electron chi connectivity index (χ1n) is 14.7. The molecular weight excluding hydrogens is 593 g/mol. The van der Waals surface area contributed by atoms with E-state index < -0.39 is 20.6 Å². The van der Waals surface area contributed by atoms with E-state index >= 15 is 0 Å². The highest BCUT2D eigenvalue weighted by atomic mass is 32.2. The van der Waals surface area contributed by atoms with E-state index in [1.807, 2.05) is 50.1 Å². The van der Waals surface area contributed by atoms with Gasteiger partial charge in [0.2, 0.25) is 5.95 Å². The van der Waals surface area contributed by atoms with Gasteiger partial charge < -0.3 is 15.1 Å². The molecule has 2 atom stereocenters. The van der Waals surface area contributed by atoms with Gasteiger partial charge in [0, 0.05) is 61.2 Å². The van der Waals surface area contributed by atoms with E-state index in [0.29, 0.717) is 50.4 Å². The third-order valence-electron chi connectivity index (χ3n) is 8.91. The normalized spacial score (nSPS) is 21.0. The summed E-state index contributed by atoms with van der Waals surface area (Å²) in [6.07, 6.45) is 2.03. The Labute approximate surface area is 262 Å². The molecule has 11 heteroatoms. The minimum Gasteiger partial charge on any atom is -0.377 e. The topological polar surface area (TPSA) is 100 Å². The average molecular weight is 631 g/mol. The van der Waals surface area contributed by atoms with Crippen LogP contribution in [-0.2, 0) is 16.3 Å². The minimum absolute atomic E-state index is 0.311. The Morgan fingerprint density at radius 1 is 1.14 bits per heavy atom. The number of thioether (sulfide) groups is 1. The Bertz CT molecular complexity index is 1920. The highest BCUT2D eigenvalue weighted by Crippen LogP contribution is 2.44. The van der Waals surface area contributed by atoms with Crippen molar-refractivity contribution in [1.82, 2.24) is 24.3 Å². The van der Waals surface area contributed by atoms with Crippen molar-refractivity contribution in [2.24, 2.45) is 0 Å². The van der Waals surface area contributed by atoms with Crippen molar-refractivity contribution in [3.63, 3.8) is 0 Å². The summed E-state index contributed by atoms with van der Waals surface area (Å²) >= 11 is 1.98. The van der Waals surface area contributed by atoms with Crippen LogP contribution in [0.15, 0.2) is 77.1 Å². The molecule has 230 valence electrons. The molecule has 0 radical (unpaired) electrons. The van der Waals surface area contributed by atoms with Crippen LogP contribution in [0, 0.1) is 0 Å². The van der Waals surface area contributed by atoms with Crippen LogP contribution in [0.4, 0.5) is 11.6 Å². The van der Waals surface area contributed by atoms with Gasteiger partial charge in [-0.25, -0.2) is 13.4 Å². The number of pyridine rings is 1. The van der Waals surface area contributed by atoms with Gasteiger partial charge in [0.25, 0.3) is 5.56 Å². The Morgan fingerprint density at radius 2 is 1.86 bits per heavy atom. The summed E-state index contributed by atoms with van der Waals surface area (Å²) in [6.45, 7) is 9.64. The van der Waals surface area contributed by atoms with Crippen molar-refractivity contribution < 1.29 is 8.42 Å². The summed E-state index contributed by atoms with van der Waals surface area (Å²) in [5.74, 6) is 1.43. The number of hydrogen-bond acceptors (Lipinski definition) is 9. The fourth-order valence-corrected chi connectivity index (χ4v) is 9.34. The van der Waals surface area contributed by atoms with Gasteiger partial charge in [-0.05, 0) is 62.7 Å². The fourth-order valence-electron chi connectivity index (χ4n) is 6.06. The second-order valence-corrected chi connectivity index (χ2v) is 16.2. The van der Waals surface area contributed by atoms with Crippen LogP contribution < -0.4 is 10.9 Å². The van der Waals surface area contributed by atoms with Crippen molar-refractivity contribution in [3.05, 3.63) is 94.4 Å². The van der Waals surface area contributed by atoms with E-state index in [0.717, 1.165) is 24.5 Å². The van der Waals surface area contributed by atoms with E-state index in [1.54, 1.807) is 47.7 Å². The van der Waals surface area contributed by atoms with Gasteiger partial charge in [0.1, 0.15) is 5.65 Å². The molecule has 2 aliphatic rings. The summed E-state index contributed by atoms with van der Waals surface area (Å²) in [6, 6.07) is 16.3. The number of aromatic nitrogens is 3. The van der Waals surface area contributed by atoms with Gasteiger partial charge in [-0.15, -0.1) is 0 Å². The first kappa shape index (κ1) is 30.4. The molecule has 1 N–H and O–H groups in total. The van der Waals surface area contributed by atoms with Crippen LogP contribution in [0.1, 0.15) is 41.8 Å². The van der Waals surface area contributed by atoms with E-state index in [1.165, 1.54) is 5.56 Å². The van der Waals surface area contributed by atoms with Crippen molar-refractivity contribution in [2.75, 3.05) is 45.3 Å². The van der Waals surface area contributed by atoms with Crippen LogP contribution in [0.5, 0.6) is 0 Å². The van der Waals surface area contributed by atoms with Gasteiger partial charge >= 0.3 is 0 Å². The molecule has 0 bridgehead atoms. The Morgan fingerprint density at radius 3 is 2.57 bits per heavy atom. The van der Waals surface area contributed by atoms with E-state index in [9.17, 15) is 13.2 Å². The predicted octanol–water partition coefficient (Wildman–Crippen LogP) is 5.14. The third-order valence-corrected chi connectivity index (χ3v) is 12.8. The van der Waals surface area contributed by atoms with Gasteiger partial charge in [-0.3, -0.25) is 9.36 Å². The summed E-state index contributed by atoms with van der Waals surface area (Å²) in [4.78, 5) is 28.2. The van der Waals surface area contributed by atoms with Crippen molar-refractivity contribution >= 4 is 50.0 Å². The monoisotopic (exact) mass is 630 g/mol. The smallest absolute Gasteiger partial charge is 0.261 e. The molecule has 0 saturated carbocycles. The van der Waals surface area contributed by atoms with Crippen molar-refractivity contribution in [3.8, 4) is 0 Å². The standard InChI is InChI=1S/C33H38N6O3S2/c1-21(37(4)5)26-17-24-19-34-32(35-25-13-11-22(12-14-25)27-20-38(6)15-16-43-27)36-30(24)39(31(26)40)29-18-23-9-7-8-10-28(23)44(41,42)33(29,2)3/h7-14,17,19,27,29H,1,15-16,18,20H2,2-6H3,(H,34,35,36). The molecule has 6 rings (SSSR count). The molecule has 0 aliphatic carbocycles. The minimum atomic E-state index is -3.78. The Kier molecular flexibility index (Phi) is 7.84. The molecule has 2 aromatic heterocycles. The largest absolute Gasteiger partial charge is 0.377 e. The maximum absolute atomic E-state index is 14.3. The number of nitrogens with one attached hydrogen (secondary N) is 1. The highest BCUT2D eigenvalue weighted by molar-refractivity contribution is 7.99. The number of nitrogens with zero attached hydrogens (tertiary/aromatic N) is 5. The van der Waals surface area contributed by atoms with E-state index in [-0.39, 0.29) is 5.56 Å². The molecule has 0 amide bonds. The first-order valence-corrected chi connectivity index (χ1v) is 17.2. The van der Waals surface area contributed by atoms with Gasteiger partial charge in [-0.2, -0.15) is 16.7 Å². The molecule has 1 fully saturated rings. The zero-order valence-corrected chi connectivity index (χ0v) is 27.4. The molecular formula is C33H38N6O3S2. The lowest BCUT2D eigenvalue weighted by Crippen LogP contribution is -2.49. The summed E-state index contributed by atoms with van der Waals surface area (Å²) < 4.78 is 28.2. The number of sulfone groups is 1. The van der Waals surface area contributed by atoms with Crippen LogP contribution in [0.2, 0.25) is 0 Å². The lowest BCUT2D eigenvalue weighted by molar-refractivity contribution is 0.347. The first-order chi connectivity index (χ1) is 20.9. The second-order valence-electron chi connectivity index (χ2n) is 12.4. The number of anilines is 2. The maximum Gasteiger partial charge on any atom is 0.261 e. The molecule has 4 heterocycles. The molecule has 44 heavy (non-hydrogen) atoms. The quantitative estimate of drug-likeness (QED) is 0.311. The molecule has 4 aromatic rings. The van der Waals surface area contributed by atoms with Crippen LogP contribution in [0.25, 0.3) is 16.7 Å². The molecule has 0 spiro atoms. The van der Waals surface area contributed by atoms with Gasteiger partial charge in [-0.1, -0.05) is 36.9 Å². The summed E-state index contributed by atoms with van der Waals surface area (Å²) in [5.41, 5.74) is 3.70. The predicted molar refractivity (Wildman–Crippen MR) is 179 cm³/mol. The molecule has 2 aliphatic heterocycles. The average Bonchev–Trinajstić information content (AvgIpc) is 2.99. The molecule has 1 saturated heterocycles. The number of hydrogen-bond donors (Lipinski definition) is 1. The Balaban J connectivity index is 1.45. The third kappa shape index (κ3) is 5.20. The van der Waals surface area contributed by atoms with Gasteiger partial charge in [0.15, 0.2) is 9.84 Å². The van der Waals surface area contributed by atoms with Crippen LogP contribution in [-0.4, -0.2) is 77.5 Å². The molecule has 9 nitrogen and oxygen atoms in total. The lowest BCUT2D eigenvalue weighted by atomic mass is 9.93.